The van der Waals surface area contributed by atoms with Gasteiger partial charge in [-0.25, -0.2) is 0 Å². The third kappa shape index (κ3) is 3.53. The number of nitro groups is 2. The Morgan fingerprint density at radius 2 is 1.42 bits per heavy atom. The van der Waals surface area contributed by atoms with E-state index in [9.17, 15) is 20.2 Å². The molecule has 0 heterocycles. The first-order valence-electron chi connectivity index (χ1n) is 7.94. The fourth-order valence-electron chi connectivity index (χ4n) is 2.77. The summed E-state index contributed by atoms with van der Waals surface area (Å²) in [7, 11) is 0. The number of nitrogens with one attached hydrogen (secondary N) is 1. The SMILES string of the molecule is Cc1c(C)c(C)c(/C=N/Nc2ccc([N+](=O)[O-])cc2[N+](=O)[O-])c(C)c1C. The minimum absolute atomic E-state index is 0.0905. The molecule has 0 aliphatic heterocycles. The Bertz CT molecular complexity index is 906. The molecule has 2 rings (SSSR count). The number of anilines is 1. The Balaban J connectivity index is 2.38. The second-order valence-corrected chi connectivity index (χ2v) is 6.12. The molecule has 0 aromatic heterocycles. The van der Waals surface area contributed by atoms with E-state index in [2.05, 4.69) is 17.5 Å². The van der Waals surface area contributed by atoms with Crippen molar-refractivity contribution in [3.05, 3.63) is 71.8 Å². The molecule has 136 valence electrons. The maximum absolute atomic E-state index is 11.2. The van der Waals surface area contributed by atoms with E-state index in [1.165, 1.54) is 28.8 Å². The molecular formula is C18H20N4O4. The Kier molecular flexibility index (Phi) is 5.35. The standard InChI is InChI=1S/C18H20N4O4/c1-10-11(2)13(4)16(14(5)12(10)3)9-19-20-17-7-6-15(21(23)24)8-18(17)22(25)26/h6-9,20H,1-5H3/b19-9+. The summed E-state index contributed by atoms with van der Waals surface area (Å²) in [6.07, 6.45) is 1.62. The van der Waals surface area contributed by atoms with Gasteiger partial charge >= 0.3 is 5.69 Å². The molecule has 0 fully saturated rings. The third-order valence-corrected chi connectivity index (χ3v) is 4.83. The largest absolute Gasteiger partial charge is 0.301 e. The van der Waals surface area contributed by atoms with Crippen LogP contribution in [0.1, 0.15) is 33.4 Å². The lowest BCUT2D eigenvalue weighted by Crippen LogP contribution is -2.03. The van der Waals surface area contributed by atoms with E-state index < -0.39 is 15.5 Å². The molecule has 0 aliphatic rings. The highest BCUT2D eigenvalue weighted by Crippen LogP contribution is 2.29. The van der Waals surface area contributed by atoms with Crippen molar-refractivity contribution >= 4 is 23.3 Å². The Labute approximate surface area is 150 Å². The van der Waals surface area contributed by atoms with Crippen LogP contribution in [-0.2, 0) is 0 Å². The van der Waals surface area contributed by atoms with Gasteiger partial charge in [-0.3, -0.25) is 25.7 Å². The maximum atomic E-state index is 11.2. The smallest absolute Gasteiger partial charge is 0.272 e. The van der Waals surface area contributed by atoms with Crippen LogP contribution in [0.5, 0.6) is 0 Å². The Morgan fingerprint density at radius 3 is 1.92 bits per heavy atom. The molecule has 2 aromatic carbocycles. The van der Waals surface area contributed by atoms with E-state index in [0.717, 1.165) is 22.8 Å². The molecule has 1 N–H and O–H groups in total. The zero-order valence-electron chi connectivity index (χ0n) is 15.3. The molecule has 0 saturated heterocycles. The number of nitrogens with zero attached hydrogens (tertiary/aromatic N) is 3. The number of hydrogen-bond acceptors (Lipinski definition) is 6. The van der Waals surface area contributed by atoms with Gasteiger partial charge in [0.2, 0.25) is 0 Å². The Morgan fingerprint density at radius 1 is 0.885 bits per heavy atom. The first-order valence-corrected chi connectivity index (χ1v) is 7.94. The minimum atomic E-state index is -0.679. The number of nitro benzene ring substituents is 2. The van der Waals surface area contributed by atoms with E-state index in [0.29, 0.717) is 0 Å². The van der Waals surface area contributed by atoms with Gasteiger partial charge in [-0.2, -0.15) is 5.10 Å². The summed E-state index contributed by atoms with van der Waals surface area (Å²) in [5.41, 5.74) is 8.68. The number of hydrazone groups is 1. The molecular weight excluding hydrogens is 336 g/mol. The van der Waals surface area contributed by atoms with Crippen LogP contribution in [0.25, 0.3) is 0 Å². The summed E-state index contributed by atoms with van der Waals surface area (Å²) in [5, 5.41) is 26.1. The topological polar surface area (TPSA) is 111 Å². The number of hydrogen-bond donors (Lipinski definition) is 1. The highest BCUT2D eigenvalue weighted by molar-refractivity contribution is 5.86. The average molecular weight is 356 g/mol. The van der Waals surface area contributed by atoms with Crippen molar-refractivity contribution in [2.24, 2.45) is 5.10 Å². The molecule has 26 heavy (non-hydrogen) atoms. The van der Waals surface area contributed by atoms with Gasteiger partial charge in [0.05, 0.1) is 22.1 Å². The normalized spacial score (nSPS) is 11.0. The van der Waals surface area contributed by atoms with Crippen molar-refractivity contribution in [1.29, 1.82) is 0 Å². The molecule has 0 unspecified atom stereocenters. The maximum Gasteiger partial charge on any atom is 0.301 e. The summed E-state index contributed by atoms with van der Waals surface area (Å²) in [6, 6.07) is 3.38. The van der Waals surface area contributed by atoms with Crippen LogP contribution in [0.2, 0.25) is 0 Å². The minimum Gasteiger partial charge on any atom is -0.272 e. The molecule has 0 amide bonds. The van der Waals surface area contributed by atoms with Crippen LogP contribution in [0.3, 0.4) is 0 Å². The van der Waals surface area contributed by atoms with Crippen LogP contribution in [0.15, 0.2) is 23.3 Å². The molecule has 0 bridgehead atoms. The van der Waals surface area contributed by atoms with E-state index >= 15 is 0 Å². The summed E-state index contributed by atoms with van der Waals surface area (Å²) in [6.45, 7) is 10.2. The highest BCUT2D eigenvalue weighted by Gasteiger charge is 2.19. The van der Waals surface area contributed by atoms with Gasteiger partial charge in [-0.1, -0.05) is 0 Å². The number of rotatable bonds is 5. The van der Waals surface area contributed by atoms with Crippen LogP contribution in [0.4, 0.5) is 17.1 Å². The first kappa shape index (κ1) is 19.0. The molecule has 2 aromatic rings. The molecule has 0 atom stereocenters. The van der Waals surface area contributed by atoms with Crippen LogP contribution < -0.4 is 5.43 Å². The molecule has 0 radical (unpaired) electrons. The van der Waals surface area contributed by atoms with Gasteiger partial charge in [-0.15, -0.1) is 0 Å². The lowest BCUT2D eigenvalue weighted by Gasteiger charge is -2.16. The van der Waals surface area contributed by atoms with E-state index in [1.807, 2.05) is 27.7 Å². The second-order valence-electron chi connectivity index (χ2n) is 6.12. The zero-order valence-corrected chi connectivity index (χ0v) is 15.3. The number of benzene rings is 2. The zero-order chi connectivity index (χ0) is 19.6. The van der Waals surface area contributed by atoms with Crippen molar-refractivity contribution < 1.29 is 9.85 Å². The molecule has 0 aliphatic carbocycles. The fourth-order valence-corrected chi connectivity index (χ4v) is 2.77. The van der Waals surface area contributed by atoms with E-state index in [1.54, 1.807) is 6.21 Å². The molecule has 8 nitrogen and oxygen atoms in total. The first-order chi connectivity index (χ1) is 12.1. The van der Waals surface area contributed by atoms with Gasteiger partial charge in [-0.05, 0) is 68.5 Å². The average Bonchev–Trinajstić information content (AvgIpc) is 2.61. The van der Waals surface area contributed by atoms with Gasteiger partial charge in [0.1, 0.15) is 5.69 Å². The lowest BCUT2D eigenvalue weighted by atomic mass is 9.90. The van der Waals surface area contributed by atoms with Crippen molar-refractivity contribution in [1.82, 2.24) is 0 Å². The molecule has 0 spiro atoms. The lowest BCUT2D eigenvalue weighted by molar-refractivity contribution is -0.393. The van der Waals surface area contributed by atoms with Crippen LogP contribution in [0, 0.1) is 54.8 Å². The van der Waals surface area contributed by atoms with Crippen molar-refractivity contribution in [2.75, 3.05) is 5.43 Å². The third-order valence-electron chi connectivity index (χ3n) is 4.83. The summed E-state index contributed by atoms with van der Waals surface area (Å²) in [5.74, 6) is 0. The predicted molar refractivity (Wildman–Crippen MR) is 101 cm³/mol. The van der Waals surface area contributed by atoms with Crippen molar-refractivity contribution in [2.45, 2.75) is 34.6 Å². The monoisotopic (exact) mass is 356 g/mol. The quantitative estimate of drug-likeness (QED) is 0.482. The van der Waals surface area contributed by atoms with Gasteiger partial charge in [0.25, 0.3) is 5.69 Å². The second kappa shape index (κ2) is 7.30. The number of non-ortho nitro benzene ring substituents is 1. The highest BCUT2D eigenvalue weighted by atomic mass is 16.6. The van der Waals surface area contributed by atoms with Gasteiger partial charge in [0.15, 0.2) is 0 Å². The van der Waals surface area contributed by atoms with Crippen molar-refractivity contribution in [3.63, 3.8) is 0 Å². The van der Waals surface area contributed by atoms with Gasteiger partial charge < -0.3 is 0 Å². The summed E-state index contributed by atoms with van der Waals surface area (Å²) >= 11 is 0. The van der Waals surface area contributed by atoms with Crippen LogP contribution >= 0.6 is 0 Å². The molecule has 0 saturated carbocycles. The fraction of sp³-hybridized carbons (Fsp3) is 0.278. The van der Waals surface area contributed by atoms with E-state index in [-0.39, 0.29) is 11.4 Å². The summed E-state index contributed by atoms with van der Waals surface area (Å²) in [4.78, 5) is 20.6. The predicted octanol–water partition coefficient (Wildman–Crippen LogP) is 4.49. The van der Waals surface area contributed by atoms with Crippen LogP contribution in [-0.4, -0.2) is 16.1 Å². The summed E-state index contributed by atoms with van der Waals surface area (Å²) < 4.78 is 0. The van der Waals surface area contributed by atoms with E-state index in [4.69, 9.17) is 0 Å². The van der Waals surface area contributed by atoms with Crippen molar-refractivity contribution in [3.8, 4) is 0 Å². The Hall–Kier alpha value is -3.29. The van der Waals surface area contributed by atoms with Gasteiger partial charge in [0, 0.05) is 11.6 Å². The molecule has 8 heteroatoms.